The number of nitrogens with zero attached hydrogens (tertiary/aromatic N) is 5. The summed E-state index contributed by atoms with van der Waals surface area (Å²) in [5, 5.41) is 4.87. The number of ether oxygens (including phenoxy) is 1. The Morgan fingerprint density at radius 3 is 2.47 bits per heavy atom. The Bertz CT molecular complexity index is 1290. The molecule has 36 heavy (non-hydrogen) atoms. The summed E-state index contributed by atoms with van der Waals surface area (Å²) in [5.41, 5.74) is 2.49. The van der Waals surface area contributed by atoms with Crippen molar-refractivity contribution >= 4 is 33.3 Å². The predicted octanol–water partition coefficient (Wildman–Crippen LogP) is 3.24. The number of hydrogen-bond donors (Lipinski definition) is 0. The van der Waals surface area contributed by atoms with Crippen molar-refractivity contribution in [1.82, 2.24) is 19.0 Å². The third-order valence-electron chi connectivity index (χ3n) is 8.24. The maximum absolute atomic E-state index is 13.6. The first-order valence-electron chi connectivity index (χ1n) is 12.4. The second-order valence-corrected chi connectivity index (χ2v) is 13.2. The van der Waals surface area contributed by atoms with E-state index in [1.807, 2.05) is 41.8 Å². The summed E-state index contributed by atoms with van der Waals surface area (Å²) in [6.07, 6.45) is 2.27. The number of carbonyl (C=O) groups is 1. The number of anilines is 1. The molecule has 1 aromatic carbocycles. The standard InChI is InChI=1S/C25H34ClN5O4S/c1-16-25(3,26)17(2)31-23(28(16)4)20-14-29(15-21(20)27-31)24(32)19-8-6-7-9-22(19)35-18-10-12-30(13-11-18)36(5,33)34/h6-9,16-18H,10-15H2,1-5H3. The lowest BCUT2D eigenvalue weighted by Gasteiger charge is -2.46. The summed E-state index contributed by atoms with van der Waals surface area (Å²) in [6.45, 7) is 8.03. The summed E-state index contributed by atoms with van der Waals surface area (Å²) in [7, 11) is -1.17. The molecule has 9 nitrogen and oxygen atoms in total. The van der Waals surface area contributed by atoms with Crippen LogP contribution in [0.1, 0.15) is 61.3 Å². The molecule has 1 amide bonds. The van der Waals surface area contributed by atoms with Crippen LogP contribution in [0.3, 0.4) is 0 Å². The van der Waals surface area contributed by atoms with Gasteiger partial charge in [0.1, 0.15) is 17.7 Å². The highest BCUT2D eigenvalue weighted by atomic mass is 35.5. The molecule has 3 aliphatic rings. The summed E-state index contributed by atoms with van der Waals surface area (Å²) in [5.74, 6) is 1.46. The van der Waals surface area contributed by atoms with Crippen LogP contribution >= 0.6 is 11.6 Å². The van der Waals surface area contributed by atoms with Gasteiger partial charge in [0.15, 0.2) is 0 Å². The van der Waals surface area contributed by atoms with Crippen molar-refractivity contribution in [2.45, 2.75) is 69.8 Å². The van der Waals surface area contributed by atoms with E-state index in [0.717, 1.165) is 17.1 Å². The van der Waals surface area contributed by atoms with E-state index in [1.165, 1.54) is 10.6 Å². The monoisotopic (exact) mass is 535 g/mol. The van der Waals surface area contributed by atoms with Gasteiger partial charge in [-0.15, -0.1) is 11.6 Å². The van der Waals surface area contributed by atoms with E-state index in [1.54, 1.807) is 6.07 Å². The van der Waals surface area contributed by atoms with E-state index in [-0.39, 0.29) is 24.1 Å². The quantitative estimate of drug-likeness (QED) is 0.559. The van der Waals surface area contributed by atoms with E-state index < -0.39 is 14.9 Å². The molecule has 3 unspecified atom stereocenters. The zero-order valence-corrected chi connectivity index (χ0v) is 23.0. The van der Waals surface area contributed by atoms with Crippen molar-refractivity contribution in [2.24, 2.45) is 0 Å². The Balaban J connectivity index is 1.33. The van der Waals surface area contributed by atoms with Gasteiger partial charge in [-0.1, -0.05) is 12.1 Å². The molecule has 11 heteroatoms. The van der Waals surface area contributed by atoms with Crippen molar-refractivity contribution in [3.05, 3.63) is 41.1 Å². The Hall–Kier alpha value is -2.30. The number of benzene rings is 1. The molecule has 0 N–H and O–H groups in total. The lowest BCUT2D eigenvalue weighted by Crippen LogP contribution is -2.54. The number of sulfonamides is 1. The molecule has 3 aliphatic heterocycles. The molecule has 5 rings (SSSR count). The molecule has 0 aliphatic carbocycles. The van der Waals surface area contributed by atoms with Crippen molar-refractivity contribution in [1.29, 1.82) is 0 Å². The molecule has 4 heterocycles. The van der Waals surface area contributed by atoms with Gasteiger partial charge < -0.3 is 14.5 Å². The molecule has 0 radical (unpaired) electrons. The van der Waals surface area contributed by atoms with Gasteiger partial charge in [-0.05, 0) is 45.7 Å². The van der Waals surface area contributed by atoms with Gasteiger partial charge in [0.25, 0.3) is 5.91 Å². The van der Waals surface area contributed by atoms with Crippen LogP contribution in [0.25, 0.3) is 0 Å². The van der Waals surface area contributed by atoms with Crippen LogP contribution in [0, 0.1) is 0 Å². The summed E-state index contributed by atoms with van der Waals surface area (Å²) in [6, 6.07) is 7.43. The van der Waals surface area contributed by atoms with Crippen molar-refractivity contribution in [3.8, 4) is 5.75 Å². The lowest BCUT2D eigenvalue weighted by atomic mass is 9.91. The van der Waals surface area contributed by atoms with E-state index in [9.17, 15) is 13.2 Å². The van der Waals surface area contributed by atoms with Crippen LogP contribution in [0.5, 0.6) is 5.75 Å². The van der Waals surface area contributed by atoms with Crippen molar-refractivity contribution in [3.63, 3.8) is 0 Å². The molecular formula is C25H34ClN5O4S. The minimum absolute atomic E-state index is 0.0263. The molecular weight excluding hydrogens is 502 g/mol. The van der Waals surface area contributed by atoms with Crippen LogP contribution in [0.15, 0.2) is 24.3 Å². The predicted molar refractivity (Wildman–Crippen MR) is 139 cm³/mol. The fourth-order valence-corrected chi connectivity index (χ4v) is 6.65. The maximum atomic E-state index is 13.6. The minimum atomic E-state index is -3.20. The molecule has 1 saturated heterocycles. The van der Waals surface area contributed by atoms with Crippen LogP contribution in [0.2, 0.25) is 0 Å². The fourth-order valence-electron chi connectivity index (χ4n) is 5.54. The summed E-state index contributed by atoms with van der Waals surface area (Å²) < 4.78 is 33.3. The Morgan fingerprint density at radius 1 is 1.14 bits per heavy atom. The van der Waals surface area contributed by atoms with Crippen LogP contribution in [-0.2, 0) is 23.1 Å². The van der Waals surface area contributed by atoms with Crippen LogP contribution < -0.4 is 9.64 Å². The molecule has 1 aromatic heterocycles. The number of amides is 1. The second kappa shape index (κ2) is 8.92. The van der Waals surface area contributed by atoms with Gasteiger partial charge in [0.2, 0.25) is 10.0 Å². The maximum Gasteiger partial charge on any atom is 0.258 e. The average Bonchev–Trinajstić information content (AvgIpc) is 3.40. The fraction of sp³-hybridized carbons (Fsp3) is 0.600. The topological polar surface area (TPSA) is 88.0 Å². The van der Waals surface area contributed by atoms with Gasteiger partial charge in [0.05, 0.1) is 41.5 Å². The SMILES string of the molecule is CC1N(C)c2c3c(nn2C(C)C1(C)Cl)CN(C(=O)c1ccccc1OC1CCN(S(C)(=O)=O)CC1)C3. The average molecular weight is 536 g/mol. The third kappa shape index (κ3) is 4.16. The molecule has 0 saturated carbocycles. The first-order valence-corrected chi connectivity index (χ1v) is 14.6. The highest BCUT2D eigenvalue weighted by Crippen LogP contribution is 2.46. The number of para-hydroxylation sites is 1. The van der Waals surface area contributed by atoms with E-state index >= 15 is 0 Å². The molecule has 0 spiro atoms. The van der Waals surface area contributed by atoms with Gasteiger partial charge in [0, 0.05) is 31.7 Å². The first-order chi connectivity index (χ1) is 16.9. The van der Waals surface area contributed by atoms with Gasteiger partial charge in [-0.2, -0.15) is 5.10 Å². The first kappa shape index (κ1) is 25.4. The highest BCUT2D eigenvalue weighted by Gasteiger charge is 2.47. The number of alkyl halides is 1. The van der Waals surface area contributed by atoms with E-state index in [0.29, 0.717) is 50.3 Å². The van der Waals surface area contributed by atoms with Crippen LogP contribution in [0.4, 0.5) is 5.82 Å². The zero-order valence-electron chi connectivity index (χ0n) is 21.4. The molecule has 1 fully saturated rings. The smallest absolute Gasteiger partial charge is 0.258 e. The van der Waals surface area contributed by atoms with E-state index in [4.69, 9.17) is 21.4 Å². The number of halogens is 1. The Labute approximate surface area is 218 Å². The van der Waals surface area contributed by atoms with Gasteiger partial charge in [-0.25, -0.2) is 17.4 Å². The number of carbonyl (C=O) groups excluding carboxylic acids is 1. The normalized spacial score (nSPS) is 27.2. The molecule has 3 atom stereocenters. The molecule has 0 bridgehead atoms. The number of aromatic nitrogens is 2. The van der Waals surface area contributed by atoms with Gasteiger partial charge in [-0.3, -0.25) is 4.79 Å². The lowest BCUT2D eigenvalue weighted by molar-refractivity contribution is 0.0736. The third-order valence-corrected chi connectivity index (χ3v) is 10.2. The molecule has 196 valence electrons. The van der Waals surface area contributed by atoms with Gasteiger partial charge >= 0.3 is 0 Å². The largest absolute Gasteiger partial charge is 0.489 e. The second-order valence-electron chi connectivity index (χ2n) is 10.4. The van der Waals surface area contributed by atoms with E-state index in [2.05, 4.69) is 18.7 Å². The van der Waals surface area contributed by atoms with Crippen molar-refractivity contribution in [2.75, 3.05) is 31.3 Å². The van der Waals surface area contributed by atoms with Crippen LogP contribution in [-0.4, -0.2) is 76.7 Å². The zero-order chi connectivity index (χ0) is 26.0. The number of hydrogen-bond acceptors (Lipinski definition) is 6. The molecule has 2 aromatic rings. The summed E-state index contributed by atoms with van der Waals surface area (Å²) >= 11 is 6.89. The number of fused-ring (bicyclic) bond motifs is 3. The minimum Gasteiger partial charge on any atom is -0.489 e. The number of piperidine rings is 1. The number of rotatable bonds is 4. The highest BCUT2D eigenvalue weighted by molar-refractivity contribution is 7.88. The Kier molecular flexibility index (Phi) is 6.28. The van der Waals surface area contributed by atoms with Crippen molar-refractivity contribution < 1.29 is 17.9 Å². The Morgan fingerprint density at radius 2 is 1.81 bits per heavy atom. The summed E-state index contributed by atoms with van der Waals surface area (Å²) in [4.78, 5) is 17.2.